The Morgan fingerprint density at radius 2 is 2.30 bits per heavy atom. The van der Waals surface area contributed by atoms with Gasteiger partial charge in [-0.1, -0.05) is 18.1 Å². The Kier molecular flexibility index (Phi) is 1.82. The first-order valence-electron chi connectivity index (χ1n) is 2.97. The largest absolute Gasteiger partial charge is 0.228 e. The molecule has 3 heteroatoms. The Bertz CT molecular complexity index is 279. The normalized spacial score (nSPS) is 29.3. The van der Waals surface area contributed by atoms with Gasteiger partial charge in [0.1, 0.15) is 0 Å². The first-order valence-corrected chi connectivity index (χ1v) is 4.79. The molecular formula is C7H8O2S. The zero-order chi connectivity index (χ0) is 7.61. The van der Waals surface area contributed by atoms with Crippen LogP contribution in [-0.2, 0) is 9.84 Å². The second-order valence-corrected chi connectivity index (χ2v) is 4.43. The topological polar surface area (TPSA) is 34.1 Å². The second kappa shape index (κ2) is 2.47. The number of rotatable bonds is 0. The van der Waals surface area contributed by atoms with Crippen molar-refractivity contribution in [3.63, 3.8) is 0 Å². The van der Waals surface area contributed by atoms with Crippen LogP contribution in [0, 0.1) is 18.3 Å². The molecule has 1 heterocycles. The standard InChI is InChI=1S/C7H8O2S/c1-2-7-4-3-5-10(8,9)6-7/h1,3-4,7H,5-6H2. The van der Waals surface area contributed by atoms with Gasteiger partial charge in [0.2, 0.25) is 0 Å². The van der Waals surface area contributed by atoms with Gasteiger partial charge < -0.3 is 0 Å². The van der Waals surface area contributed by atoms with Gasteiger partial charge in [-0.25, -0.2) is 8.42 Å². The maximum atomic E-state index is 10.9. The summed E-state index contributed by atoms with van der Waals surface area (Å²) < 4.78 is 21.7. The van der Waals surface area contributed by atoms with E-state index in [1.54, 1.807) is 12.2 Å². The lowest BCUT2D eigenvalue weighted by molar-refractivity contribution is 0.593. The quantitative estimate of drug-likeness (QED) is 0.371. The van der Waals surface area contributed by atoms with Gasteiger partial charge in [-0.15, -0.1) is 6.42 Å². The number of allylic oxidation sites excluding steroid dienone is 1. The fourth-order valence-electron chi connectivity index (χ4n) is 0.867. The Hall–Kier alpha value is -0.750. The third kappa shape index (κ3) is 1.61. The van der Waals surface area contributed by atoms with Crippen LogP contribution >= 0.6 is 0 Å². The molecule has 0 bridgehead atoms. The highest BCUT2D eigenvalue weighted by Gasteiger charge is 2.17. The van der Waals surface area contributed by atoms with Gasteiger partial charge in [0.25, 0.3) is 0 Å². The van der Waals surface area contributed by atoms with Crippen LogP contribution in [-0.4, -0.2) is 19.9 Å². The van der Waals surface area contributed by atoms with Crippen LogP contribution in [0.15, 0.2) is 12.2 Å². The molecule has 0 N–H and O–H groups in total. The van der Waals surface area contributed by atoms with Crippen molar-refractivity contribution >= 4 is 9.84 Å². The van der Waals surface area contributed by atoms with Crippen LogP contribution in [0.1, 0.15) is 0 Å². The third-order valence-corrected chi connectivity index (χ3v) is 2.93. The van der Waals surface area contributed by atoms with Crippen LogP contribution in [0.2, 0.25) is 0 Å². The summed E-state index contributed by atoms with van der Waals surface area (Å²) in [5.74, 6) is 2.44. The first kappa shape index (κ1) is 7.36. The van der Waals surface area contributed by atoms with Crippen molar-refractivity contribution in [3.8, 4) is 12.3 Å². The van der Waals surface area contributed by atoms with Gasteiger partial charge in [-0.2, -0.15) is 0 Å². The summed E-state index contributed by atoms with van der Waals surface area (Å²) in [7, 11) is -2.87. The lowest BCUT2D eigenvalue weighted by atomic mass is 10.2. The number of hydrogen-bond acceptors (Lipinski definition) is 2. The molecule has 10 heavy (non-hydrogen) atoms. The summed E-state index contributed by atoms with van der Waals surface area (Å²) in [5, 5.41) is 0. The molecule has 1 rings (SSSR count). The van der Waals surface area contributed by atoms with Gasteiger partial charge in [0.15, 0.2) is 9.84 Å². The molecule has 0 aromatic rings. The molecule has 1 unspecified atom stereocenters. The fourth-order valence-corrected chi connectivity index (χ4v) is 2.16. The van der Waals surface area contributed by atoms with Crippen LogP contribution in [0.25, 0.3) is 0 Å². The minimum atomic E-state index is -2.87. The minimum Gasteiger partial charge on any atom is -0.228 e. The SMILES string of the molecule is C#CC1C=CCS(=O)(=O)C1. The van der Waals surface area contributed by atoms with Crippen molar-refractivity contribution in [2.45, 2.75) is 0 Å². The van der Waals surface area contributed by atoms with Crippen molar-refractivity contribution in [3.05, 3.63) is 12.2 Å². The fraction of sp³-hybridized carbons (Fsp3) is 0.429. The average molecular weight is 156 g/mol. The first-order chi connectivity index (χ1) is 4.64. The van der Waals surface area contributed by atoms with E-state index in [2.05, 4.69) is 5.92 Å². The highest BCUT2D eigenvalue weighted by Crippen LogP contribution is 2.09. The third-order valence-electron chi connectivity index (χ3n) is 1.37. The van der Waals surface area contributed by atoms with E-state index < -0.39 is 9.84 Å². The molecule has 0 saturated heterocycles. The van der Waals surface area contributed by atoms with Crippen molar-refractivity contribution in [1.82, 2.24) is 0 Å². The molecule has 1 atom stereocenters. The van der Waals surface area contributed by atoms with Gasteiger partial charge >= 0.3 is 0 Å². The molecule has 0 aliphatic carbocycles. The monoisotopic (exact) mass is 156 g/mol. The summed E-state index contributed by atoms with van der Waals surface area (Å²) in [6.07, 6.45) is 8.44. The Labute approximate surface area is 60.9 Å². The van der Waals surface area contributed by atoms with Gasteiger partial charge in [0.05, 0.1) is 17.4 Å². The lowest BCUT2D eigenvalue weighted by Crippen LogP contribution is -2.19. The lowest BCUT2D eigenvalue weighted by Gasteiger charge is -2.09. The molecule has 54 valence electrons. The smallest absolute Gasteiger partial charge is 0.155 e. The van der Waals surface area contributed by atoms with E-state index in [4.69, 9.17) is 6.42 Å². The molecule has 2 nitrogen and oxygen atoms in total. The molecule has 0 aromatic heterocycles. The molecule has 0 aromatic carbocycles. The van der Waals surface area contributed by atoms with Crippen LogP contribution in [0.5, 0.6) is 0 Å². The molecule has 1 aliphatic heterocycles. The average Bonchev–Trinajstić information content (AvgIpc) is 1.86. The summed E-state index contributed by atoms with van der Waals surface area (Å²) >= 11 is 0. The van der Waals surface area contributed by atoms with E-state index in [0.717, 1.165) is 0 Å². The van der Waals surface area contributed by atoms with E-state index in [1.807, 2.05) is 0 Å². The van der Waals surface area contributed by atoms with E-state index in [9.17, 15) is 8.42 Å². The molecule has 0 amide bonds. The summed E-state index contributed by atoms with van der Waals surface area (Å²) in [5.41, 5.74) is 0. The Morgan fingerprint density at radius 3 is 2.70 bits per heavy atom. The zero-order valence-electron chi connectivity index (χ0n) is 5.45. The molecule has 0 radical (unpaired) electrons. The van der Waals surface area contributed by atoms with Crippen molar-refractivity contribution in [2.75, 3.05) is 11.5 Å². The molecule has 1 aliphatic rings. The molecule has 0 saturated carbocycles. The van der Waals surface area contributed by atoms with Crippen molar-refractivity contribution in [2.24, 2.45) is 5.92 Å². The van der Waals surface area contributed by atoms with Crippen LogP contribution in [0.4, 0.5) is 0 Å². The second-order valence-electron chi connectivity index (χ2n) is 2.28. The molecule has 0 spiro atoms. The van der Waals surface area contributed by atoms with E-state index in [0.29, 0.717) is 0 Å². The van der Waals surface area contributed by atoms with Gasteiger partial charge in [-0.3, -0.25) is 0 Å². The highest BCUT2D eigenvalue weighted by molar-refractivity contribution is 7.91. The van der Waals surface area contributed by atoms with E-state index in [-0.39, 0.29) is 17.4 Å². The maximum absolute atomic E-state index is 10.9. The van der Waals surface area contributed by atoms with Crippen molar-refractivity contribution in [1.29, 1.82) is 0 Å². The van der Waals surface area contributed by atoms with Crippen LogP contribution < -0.4 is 0 Å². The predicted molar refractivity (Wildman–Crippen MR) is 40.1 cm³/mol. The number of hydrogen-bond donors (Lipinski definition) is 0. The van der Waals surface area contributed by atoms with E-state index >= 15 is 0 Å². The Morgan fingerprint density at radius 1 is 1.60 bits per heavy atom. The van der Waals surface area contributed by atoms with Crippen LogP contribution in [0.3, 0.4) is 0 Å². The van der Waals surface area contributed by atoms with Gasteiger partial charge in [0, 0.05) is 0 Å². The van der Waals surface area contributed by atoms with Crippen molar-refractivity contribution < 1.29 is 8.42 Å². The summed E-state index contributed by atoms with van der Waals surface area (Å²) in [6, 6.07) is 0. The minimum absolute atomic E-state index is 0.111. The maximum Gasteiger partial charge on any atom is 0.155 e. The zero-order valence-corrected chi connectivity index (χ0v) is 6.26. The number of sulfone groups is 1. The Balaban J connectivity index is 2.85. The van der Waals surface area contributed by atoms with Gasteiger partial charge in [-0.05, 0) is 0 Å². The predicted octanol–water partition coefficient (Wildman–Crippen LogP) is 0.220. The summed E-state index contributed by atoms with van der Waals surface area (Å²) in [4.78, 5) is 0. The van der Waals surface area contributed by atoms with E-state index in [1.165, 1.54) is 0 Å². The number of terminal acetylenes is 1. The molecular weight excluding hydrogens is 148 g/mol. The molecule has 0 fully saturated rings. The summed E-state index contributed by atoms with van der Waals surface area (Å²) in [6.45, 7) is 0. The highest BCUT2D eigenvalue weighted by atomic mass is 32.2.